The fourth-order valence-electron chi connectivity index (χ4n) is 1.74. The van der Waals surface area contributed by atoms with Crippen LogP contribution in [0.2, 0.25) is 0 Å². The van der Waals surface area contributed by atoms with Crippen LogP contribution in [0.15, 0.2) is 17.5 Å². The quantitative estimate of drug-likeness (QED) is 0.747. The highest BCUT2D eigenvalue weighted by atomic mass is 32.1. The third kappa shape index (κ3) is 1.59. The van der Waals surface area contributed by atoms with E-state index in [4.69, 9.17) is 5.11 Å². The summed E-state index contributed by atoms with van der Waals surface area (Å²) in [4.78, 5) is 12.0. The van der Waals surface area contributed by atoms with Crippen molar-refractivity contribution in [1.82, 2.24) is 5.32 Å². The van der Waals surface area contributed by atoms with Gasteiger partial charge in [0.05, 0.1) is 5.92 Å². The lowest BCUT2D eigenvalue weighted by Gasteiger charge is -2.11. The molecule has 0 bridgehead atoms. The van der Waals surface area contributed by atoms with Crippen LogP contribution in [-0.4, -0.2) is 24.2 Å². The summed E-state index contributed by atoms with van der Waals surface area (Å²) in [5, 5.41) is 14.1. The molecule has 3 nitrogen and oxygen atoms in total. The number of nitrogens with one attached hydrogen (secondary N) is 1. The Labute approximate surface area is 80.4 Å². The molecule has 0 radical (unpaired) electrons. The molecule has 0 amide bonds. The van der Waals surface area contributed by atoms with Gasteiger partial charge in [-0.2, -0.15) is 0 Å². The van der Waals surface area contributed by atoms with E-state index < -0.39 is 5.97 Å². The number of rotatable bonds is 2. The van der Waals surface area contributed by atoms with Gasteiger partial charge in [-0.15, -0.1) is 11.3 Å². The Morgan fingerprint density at radius 2 is 2.46 bits per heavy atom. The number of carboxylic acid groups (broad SMARTS) is 1. The maximum atomic E-state index is 10.9. The Hall–Kier alpha value is -0.870. The van der Waals surface area contributed by atoms with Crippen molar-refractivity contribution in [2.45, 2.75) is 5.92 Å². The molecule has 2 rings (SSSR count). The summed E-state index contributed by atoms with van der Waals surface area (Å²) in [6.45, 7) is 1.38. The van der Waals surface area contributed by atoms with Gasteiger partial charge in [-0.05, 0) is 11.4 Å². The monoisotopic (exact) mass is 197 g/mol. The first-order valence-electron chi connectivity index (χ1n) is 4.26. The van der Waals surface area contributed by atoms with Gasteiger partial charge in [0.15, 0.2) is 0 Å². The molecule has 1 aromatic heterocycles. The summed E-state index contributed by atoms with van der Waals surface area (Å²) in [6, 6.07) is 3.98. The Bertz CT molecular complexity index is 297. The van der Waals surface area contributed by atoms with Crippen LogP contribution in [0.1, 0.15) is 10.8 Å². The minimum atomic E-state index is -0.691. The molecule has 0 unspecified atom stereocenters. The second-order valence-electron chi connectivity index (χ2n) is 3.22. The van der Waals surface area contributed by atoms with Gasteiger partial charge >= 0.3 is 5.97 Å². The predicted molar refractivity (Wildman–Crippen MR) is 51.1 cm³/mol. The van der Waals surface area contributed by atoms with Crippen molar-refractivity contribution in [2.24, 2.45) is 5.92 Å². The molecular weight excluding hydrogens is 186 g/mol. The van der Waals surface area contributed by atoms with Gasteiger partial charge in [0.25, 0.3) is 0 Å². The Morgan fingerprint density at radius 3 is 3.08 bits per heavy atom. The first-order valence-corrected chi connectivity index (χ1v) is 5.14. The van der Waals surface area contributed by atoms with Crippen LogP contribution in [0.3, 0.4) is 0 Å². The molecule has 2 N–H and O–H groups in total. The van der Waals surface area contributed by atoms with Gasteiger partial charge in [-0.25, -0.2) is 0 Å². The molecule has 0 aromatic carbocycles. The average molecular weight is 197 g/mol. The van der Waals surface area contributed by atoms with E-state index in [-0.39, 0.29) is 11.8 Å². The molecule has 0 aliphatic carbocycles. The lowest BCUT2D eigenvalue weighted by atomic mass is 9.95. The van der Waals surface area contributed by atoms with E-state index in [0.717, 1.165) is 6.54 Å². The van der Waals surface area contributed by atoms with Gasteiger partial charge < -0.3 is 10.4 Å². The number of hydrogen-bond acceptors (Lipinski definition) is 3. The summed E-state index contributed by atoms with van der Waals surface area (Å²) in [5.41, 5.74) is 0. The topological polar surface area (TPSA) is 49.3 Å². The zero-order chi connectivity index (χ0) is 9.26. The summed E-state index contributed by atoms with van der Waals surface area (Å²) >= 11 is 1.64. The van der Waals surface area contributed by atoms with Crippen LogP contribution in [0.4, 0.5) is 0 Å². The number of thiophene rings is 1. The van der Waals surface area contributed by atoms with Crippen molar-refractivity contribution in [1.29, 1.82) is 0 Å². The van der Waals surface area contributed by atoms with E-state index in [2.05, 4.69) is 5.32 Å². The fourth-order valence-corrected chi connectivity index (χ4v) is 2.63. The molecule has 2 heterocycles. The van der Waals surface area contributed by atoms with Crippen LogP contribution in [0, 0.1) is 5.92 Å². The SMILES string of the molecule is O=C(O)[C@H]1CNC[C@@H]1c1cccs1. The molecule has 0 saturated carbocycles. The van der Waals surface area contributed by atoms with Crippen molar-refractivity contribution >= 4 is 17.3 Å². The average Bonchev–Trinajstić information content (AvgIpc) is 2.74. The molecule has 0 spiro atoms. The number of carboxylic acids is 1. The lowest BCUT2D eigenvalue weighted by molar-refractivity contribution is -0.141. The summed E-state index contributed by atoms with van der Waals surface area (Å²) in [6.07, 6.45) is 0. The number of hydrogen-bond donors (Lipinski definition) is 2. The van der Waals surface area contributed by atoms with Crippen molar-refractivity contribution in [3.8, 4) is 0 Å². The fraction of sp³-hybridized carbons (Fsp3) is 0.444. The van der Waals surface area contributed by atoms with Crippen molar-refractivity contribution in [3.63, 3.8) is 0 Å². The van der Waals surface area contributed by atoms with Gasteiger partial charge in [-0.1, -0.05) is 6.07 Å². The maximum absolute atomic E-state index is 10.9. The standard InChI is InChI=1S/C9H11NO2S/c11-9(12)7-5-10-4-6(7)8-2-1-3-13-8/h1-3,6-7,10H,4-5H2,(H,11,12)/t6-,7-/m0/s1. The van der Waals surface area contributed by atoms with E-state index in [0.29, 0.717) is 6.54 Å². The van der Waals surface area contributed by atoms with Crippen molar-refractivity contribution in [2.75, 3.05) is 13.1 Å². The van der Waals surface area contributed by atoms with Gasteiger partial charge in [0, 0.05) is 23.9 Å². The van der Waals surface area contributed by atoms with Crippen LogP contribution in [0.5, 0.6) is 0 Å². The van der Waals surface area contributed by atoms with E-state index >= 15 is 0 Å². The smallest absolute Gasteiger partial charge is 0.308 e. The molecule has 1 fully saturated rings. The molecule has 2 atom stereocenters. The van der Waals surface area contributed by atoms with Crippen LogP contribution in [-0.2, 0) is 4.79 Å². The maximum Gasteiger partial charge on any atom is 0.308 e. The summed E-state index contributed by atoms with van der Waals surface area (Å²) < 4.78 is 0. The molecule has 1 aromatic rings. The number of aliphatic carboxylic acids is 1. The Balaban J connectivity index is 2.19. The molecule has 70 valence electrons. The largest absolute Gasteiger partial charge is 0.481 e. The molecule has 1 aliphatic rings. The first kappa shape index (κ1) is 8.72. The summed E-state index contributed by atoms with van der Waals surface area (Å²) in [5.74, 6) is -0.778. The summed E-state index contributed by atoms with van der Waals surface area (Å²) in [7, 11) is 0. The third-order valence-corrected chi connectivity index (χ3v) is 3.44. The van der Waals surface area contributed by atoms with E-state index in [1.165, 1.54) is 4.88 Å². The molecule has 1 saturated heterocycles. The van der Waals surface area contributed by atoms with Gasteiger partial charge in [0.1, 0.15) is 0 Å². The Kier molecular flexibility index (Phi) is 2.33. The first-order chi connectivity index (χ1) is 6.29. The highest BCUT2D eigenvalue weighted by molar-refractivity contribution is 7.10. The van der Waals surface area contributed by atoms with Crippen molar-refractivity contribution in [3.05, 3.63) is 22.4 Å². The van der Waals surface area contributed by atoms with Gasteiger partial charge in [-0.3, -0.25) is 4.79 Å². The van der Waals surface area contributed by atoms with Crippen LogP contribution in [0.25, 0.3) is 0 Å². The normalized spacial score (nSPS) is 27.7. The van der Waals surface area contributed by atoms with E-state index in [1.54, 1.807) is 11.3 Å². The van der Waals surface area contributed by atoms with E-state index in [9.17, 15) is 4.79 Å². The molecule has 13 heavy (non-hydrogen) atoms. The highest BCUT2D eigenvalue weighted by Gasteiger charge is 2.34. The second kappa shape index (κ2) is 3.47. The zero-order valence-electron chi connectivity index (χ0n) is 7.06. The highest BCUT2D eigenvalue weighted by Crippen LogP contribution is 2.31. The molecular formula is C9H11NO2S. The van der Waals surface area contributed by atoms with Gasteiger partial charge in [0.2, 0.25) is 0 Å². The van der Waals surface area contributed by atoms with E-state index in [1.807, 2.05) is 17.5 Å². The van der Waals surface area contributed by atoms with Crippen LogP contribution >= 0.6 is 11.3 Å². The Morgan fingerprint density at radius 1 is 1.62 bits per heavy atom. The second-order valence-corrected chi connectivity index (χ2v) is 4.20. The van der Waals surface area contributed by atoms with Crippen molar-refractivity contribution < 1.29 is 9.90 Å². The third-order valence-electron chi connectivity index (χ3n) is 2.44. The minimum Gasteiger partial charge on any atom is -0.481 e. The molecule has 4 heteroatoms. The van der Waals surface area contributed by atoms with Crippen LogP contribution < -0.4 is 5.32 Å². The molecule has 1 aliphatic heterocycles. The zero-order valence-corrected chi connectivity index (χ0v) is 7.88. The number of carbonyl (C=O) groups is 1. The predicted octanol–water partition coefficient (Wildman–Crippen LogP) is 1.14. The minimum absolute atomic E-state index is 0.164. The lowest BCUT2D eigenvalue weighted by Crippen LogP contribution is -2.20.